The lowest BCUT2D eigenvalue weighted by molar-refractivity contribution is -0.122. The van der Waals surface area contributed by atoms with E-state index >= 15 is 0 Å². The molecule has 0 spiro atoms. The Labute approximate surface area is 67.9 Å². The summed E-state index contributed by atoms with van der Waals surface area (Å²) in [6, 6.07) is -0.101. The lowest BCUT2D eigenvalue weighted by Gasteiger charge is -2.13. The van der Waals surface area contributed by atoms with E-state index in [2.05, 4.69) is 17.2 Å². The van der Waals surface area contributed by atoms with E-state index in [-0.39, 0.29) is 18.0 Å². The molecule has 0 aliphatic heterocycles. The fourth-order valence-electron chi connectivity index (χ4n) is 0.539. The molecular weight excluding hydrogens is 140 g/mol. The maximum absolute atomic E-state index is 11.1. The second kappa shape index (κ2) is 4.91. The van der Waals surface area contributed by atoms with E-state index in [9.17, 15) is 4.79 Å². The van der Waals surface area contributed by atoms with Crippen LogP contribution in [0.25, 0.3) is 0 Å². The van der Waals surface area contributed by atoms with Crippen molar-refractivity contribution in [2.24, 2.45) is 0 Å². The highest BCUT2D eigenvalue weighted by Crippen LogP contribution is 1.85. The highest BCUT2D eigenvalue weighted by Gasteiger charge is 2.10. The third kappa shape index (κ3) is 3.78. The van der Waals surface area contributed by atoms with Crippen molar-refractivity contribution in [2.45, 2.75) is 25.9 Å². The Bertz CT molecular complexity index is 145. The molecule has 0 saturated carbocycles. The fraction of sp³-hybridized carbons (Fsp3) is 0.625. The van der Waals surface area contributed by atoms with Gasteiger partial charge in [0.15, 0.2) is 0 Å². The van der Waals surface area contributed by atoms with Crippen molar-refractivity contribution < 1.29 is 4.79 Å². The van der Waals surface area contributed by atoms with E-state index in [1.165, 1.54) is 0 Å². The quantitative estimate of drug-likeness (QED) is 0.574. The summed E-state index contributed by atoms with van der Waals surface area (Å²) in [7, 11) is 1.75. The Balaban J connectivity index is 3.76. The van der Waals surface area contributed by atoms with Crippen molar-refractivity contribution in [1.82, 2.24) is 10.6 Å². The minimum absolute atomic E-state index is 0.0000926. The number of hydrogen-bond donors (Lipinski definition) is 2. The Kier molecular flexibility index (Phi) is 4.54. The third-order valence-corrected chi connectivity index (χ3v) is 1.55. The molecule has 3 heteroatoms. The maximum Gasteiger partial charge on any atom is 0.237 e. The van der Waals surface area contributed by atoms with Gasteiger partial charge >= 0.3 is 0 Å². The van der Waals surface area contributed by atoms with Gasteiger partial charge < -0.3 is 10.6 Å². The molecule has 0 aromatic carbocycles. The summed E-state index contributed by atoms with van der Waals surface area (Å²) >= 11 is 0. The van der Waals surface area contributed by atoms with Gasteiger partial charge in [0.1, 0.15) is 0 Å². The number of likely N-dealkylation sites (N-methyl/N-ethyl adjacent to an activating group) is 1. The largest absolute Gasteiger partial charge is 0.349 e. The highest BCUT2D eigenvalue weighted by molar-refractivity contribution is 5.81. The molecule has 11 heavy (non-hydrogen) atoms. The van der Waals surface area contributed by atoms with Crippen molar-refractivity contribution in [3.05, 3.63) is 12.7 Å². The second-order valence-corrected chi connectivity index (χ2v) is 2.54. The molecule has 2 unspecified atom stereocenters. The van der Waals surface area contributed by atoms with Gasteiger partial charge in [0, 0.05) is 6.04 Å². The third-order valence-electron chi connectivity index (χ3n) is 1.55. The molecule has 0 rings (SSSR count). The molecule has 64 valence electrons. The van der Waals surface area contributed by atoms with Crippen molar-refractivity contribution in [2.75, 3.05) is 7.05 Å². The van der Waals surface area contributed by atoms with Gasteiger partial charge in [-0.3, -0.25) is 4.79 Å². The van der Waals surface area contributed by atoms with Crippen LogP contribution in [-0.4, -0.2) is 25.0 Å². The standard InChI is InChI=1S/C8H16N2O/c1-5-6(2)10-8(11)7(3)9-4/h5-7,9H,1H2,2-4H3,(H,10,11). The van der Waals surface area contributed by atoms with Crippen molar-refractivity contribution in [3.63, 3.8) is 0 Å². The van der Waals surface area contributed by atoms with Crippen LogP contribution in [0.15, 0.2) is 12.7 Å². The van der Waals surface area contributed by atoms with E-state index < -0.39 is 0 Å². The lowest BCUT2D eigenvalue weighted by atomic mass is 10.2. The molecule has 0 aliphatic carbocycles. The lowest BCUT2D eigenvalue weighted by Crippen LogP contribution is -2.43. The van der Waals surface area contributed by atoms with Crippen LogP contribution in [0.4, 0.5) is 0 Å². The summed E-state index contributed by atoms with van der Waals surface area (Å²) in [5.74, 6) is -0.0000926. The zero-order valence-electron chi connectivity index (χ0n) is 7.35. The van der Waals surface area contributed by atoms with Crippen LogP contribution in [0.1, 0.15) is 13.8 Å². The first kappa shape index (κ1) is 10.2. The van der Waals surface area contributed by atoms with Gasteiger partial charge in [-0.1, -0.05) is 6.08 Å². The van der Waals surface area contributed by atoms with Gasteiger partial charge in [0.05, 0.1) is 6.04 Å². The average Bonchev–Trinajstić information content (AvgIpc) is 2.02. The molecule has 0 aliphatic rings. The fourth-order valence-corrected chi connectivity index (χ4v) is 0.539. The zero-order chi connectivity index (χ0) is 8.85. The SMILES string of the molecule is C=CC(C)NC(=O)C(C)NC. The second-order valence-electron chi connectivity index (χ2n) is 2.54. The number of nitrogens with one attached hydrogen (secondary N) is 2. The molecule has 0 aromatic heterocycles. The van der Waals surface area contributed by atoms with E-state index in [4.69, 9.17) is 0 Å². The highest BCUT2D eigenvalue weighted by atomic mass is 16.2. The molecule has 0 bridgehead atoms. The molecule has 1 amide bonds. The average molecular weight is 156 g/mol. The smallest absolute Gasteiger partial charge is 0.237 e. The summed E-state index contributed by atoms with van der Waals surface area (Å²) in [6.07, 6.45) is 1.69. The van der Waals surface area contributed by atoms with E-state index in [0.717, 1.165) is 0 Å². The summed E-state index contributed by atoms with van der Waals surface area (Å²) in [6.45, 7) is 7.26. The predicted octanol–water partition coefficient (Wildman–Crippen LogP) is 0.285. The van der Waals surface area contributed by atoms with Crippen LogP contribution in [0.3, 0.4) is 0 Å². The Morgan fingerprint density at radius 1 is 1.55 bits per heavy atom. The number of carbonyl (C=O) groups excluding carboxylic acids is 1. The van der Waals surface area contributed by atoms with Crippen LogP contribution in [-0.2, 0) is 4.79 Å². The first-order valence-electron chi connectivity index (χ1n) is 3.72. The number of amides is 1. The van der Waals surface area contributed by atoms with Gasteiger partial charge in [0.25, 0.3) is 0 Å². The van der Waals surface area contributed by atoms with Crippen LogP contribution < -0.4 is 10.6 Å². The topological polar surface area (TPSA) is 41.1 Å². The van der Waals surface area contributed by atoms with Crippen LogP contribution in [0.5, 0.6) is 0 Å². The van der Waals surface area contributed by atoms with Crippen LogP contribution in [0.2, 0.25) is 0 Å². The normalized spacial score (nSPS) is 15.2. The zero-order valence-corrected chi connectivity index (χ0v) is 7.35. The Morgan fingerprint density at radius 2 is 2.09 bits per heavy atom. The predicted molar refractivity (Wildman–Crippen MR) is 46.3 cm³/mol. The Morgan fingerprint density at radius 3 is 2.45 bits per heavy atom. The van der Waals surface area contributed by atoms with E-state index in [0.29, 0.717) is 0 Å². The summed E-state index contributed by atoms with van der Waals surface area (Å²) < 4.78 is 0. The van der Waals surface area contributed by atoms with E-state index in [1.54, 1.807) is 13.1 Å². The van der Waals surface area contributed by atoms with Crippen LogP contribution in [0, 0.1) is 0 Å². The maximum atomic E-state index is 11.1. The molecule has 3 nitrogen and oxygen atoms in total. The number of carbonyl (C=O) groups is 1. The Hall–Kier alpha value is -0.830. The molecule has 0 heterocycles. The molecule has 0 radical (unpaired) electrons. The van der Waals surface area contributed by atoms with Gasteiger partial charge in [-0.15, -0.1) is 6.58 Å². The molecule has 2 atom stereocenters. The molecule has 0 fully saturated rings. The van der Waals surface area contributed by atoms with Gasteiger partial charge in [-0.2, -0.15) is 0 Å². The van der Waals surface area contributed by atoms with Crippen molar-refractivity contribution in [3.8, 4) is 0 Å². The number of rotatable bonds is 4. The molecular formula is C8H16N2O. The van der Waals surface area contributed by atoms with Gasteiger partial charge in [0.2, 0.25) is 5.91 Å². The van der Waals surface area contributed by atoms with Crippen molar-refractivity contribution >= 4 is 5.91 Å². The summed E-state index contributed by atoms with van der Waals surface area (Å²) in [5, 5.41) is 5.61. The van der Waals surface area contributed by atoms with Gasteiger partial charge in [-0.25, -0.2) is 0 Å². The summed E-state index contributed by atoms with van der Waals surface area (Å²) in [4.78, 5) is 11.1. The number of hydrogen-bond acceptors (Lipinski definition) is 2. The molecule has 0 saturated heterocycles. The first-order chi connectivity index (χ1) is 5.11. The van der Waals surface area contributed by atoms with Gasteiger partial charge in [-0.05, 0) is 20.9 Å². The van der Waals surface area contributed by atoms with Crippen molar-refractivity contribution in [1.29, 1.82) is 0 Å². The van der Waals surface area contributed by atoms with Crippen LogP contribution >= 0.6 is 0 Å². The summed E-state index contributed by atoms with van der Waals surface area (Å²) in [5.41, 5.74) is 0. The monoisotopic (exact) mass is 156 g/mol. The minimum atomic E-state index is -0.141. The molecule has 0 aromatic rings. The minimum Gasteiger partial charge on any atom is -0.349 e. The first-order valence-corrected chi connectivity index (χ1v) is 3.72. The molecule has 2 N–H and O–H groups in total. The van der Waals surface area contributed by atoms with E-state index in [1.807, 2.05) is 13.8 Å².